The second kappa shape index (κ2) is 4.95. The maximum Gasteiger partial charge on any atom is 0.0703 e. The van der Waals surface area contributed by atoms with E-state index in [9.17, 15) is 5.21 Å². The molecule has 1 N–H and O–H groups in total. The molecule has 90 valence electrons. The summed E-state index contributed by atoms with van der Waals surface area (Å²) in [7, 11) is 3.57. The highest BCUT2D eigenvalue weighted by molar-refractivity contribution is 5.21. The Morgan fingerprint density at radius 3 is 2.88 bits per heavy atom. The summed E-state index contributed by atoms with van der Waals surface area (Å²) in [6.45, 7) is 2.16. The molecule has 1 fully saturated rings. The van der Waals surface area contributed by atoms with Crippen molar-refractivity contribution in [1.29, 1.82) is 0 Å². The number of hydrogen-bond acceptors (Lipinski definition) is 4. The Bertz CT molecular complexity index is 343. The molecule has 1 aromatic heterocycles. The van der Waals surface area contributed by atoms with Gasteiger partial charge in [0, 0.05) is 45.0 Å². The number of ether oxygens (including phenoxy) is 1. The molecule has 2 rings (SSSR count). The lowest BCUT2D eigenvalue weighted by Gasteiger charge is -2.21. The van der Waals surface area contributed by atoms with Crippen molar-refractivity contribution in [3.05, 3.63) is 17.5 Å². The molecule has 0 unspecified atom stereocenters. The van der Waals surface area contributed by atoms with Crippen LogP contribution in [0.2, 0.25) is 0 Å². The van der Waals surface area contributed by atoms with Gasteiger partial charge in [0.05, 0.1) is 12.2 Å². The Hall–Kier alpha value is -0.910. The summed E-state index contributed by atoms with van der Waals surface area (Å²) in [6.07, 6.45) is 4.04. The first-order valence-electron chi connectivity index (χ1n) is 5.67. The average Bonchev–Trinajstić information content (AvgIpc) is 2.60. The largest absolute Gasteiger partial charge is 0.381 e. The van der Waals surface area contributed by atoms with Crippen LogP contribution in [0.1, 0.15) is 30.0 Å². The fraction of sp³-hybridized carbons (Fsp3) is 0.727. The van der Waals surface area contributed by atoms with Gasteiger partial charge in [-0.3, -0.25) is 4.68 Å². The van der Waals surface area contributed by atoms with Gasteiger partial charge in [-0.25, -0.2) is 0 Å². The number of nitrogens with zero attached hydrogens (tertiary/aromatic N) is 3. The lowest BCUT2D eigenvalue weighted by atomic mass is 9.94. The number of hydroxylamine groups is 2. The van der Waals surface area contributed by atoms with Gasteiger partial charge in [-0.1, -0.05) is 0 Å². The van der Waals surface area contributed by atoms with E-state index in [0.717, 1.165) is 37.3 Å². The molecule has 1 aliphatic heterocycles. The van der Waals surface area contributed by atoms with Crippen molar-refractivity contribution in [2.45, 2.75) is 25.3 Å². The van der Waals surface area contributed by atoms with Crippen LogP contribution >= 0.6 is 0 Å². The monoisotopic (exact) mass is 225 g/mol. The van der Waals surface area contributed by atoms with Gasteiger partial charge in [-0.2, -0.15) is 10.2 Å². The second-order valence-electron chi connectivity index (χ2n) is 4.42. The van der Waals surface area contributed by atoms with Gasteiger partial charge >= 0.3 is 0 Å². The lowest BCUT2D eigenvalue weighted by Crippen LogP contribution is -2.18. The molecule has 0 bridgehead atoms. The molecule has 0 radical (unpaired) electrons. The standard InChI is InChI=1S/C11H19N3O2/c1-13-7-10(8-14(2)15)11(12-13)9-3-5-16-6-4-9/h7,9,15H,3-6,8H2,1-2H3. The Balaban J connectivity index is 2.17. The molecule has 0 amide bonds. The van der Waals surface area contributed by atoms with Crippen molar-refractivity contribution < 1.29 is 9.94 Å². The predicted molar refractivity (Wildman–Crippen MR) is 59.3 cm³/mol. The molecule has 5 heteroatoms. The smallest absolute Gasteiger partial charge is 0.0703 e. The van der Waals surface area contributed by atoms with Gasteiger partial charge in [0.25, 0.3) is 0 Å². The fourth-order valence-electron chi connectivity index (χ4n) is 2.24. The zero-order chi connectivity index (χ0) is 11.5. The molecule has 0 spiro atoms. The van der Waals surface area contributed by atoms with Gasteiger partial charge < -0.3 is 9.94 Å². The summed E-state index contributed by atoms with van der Waals surface area (Å²) < 4.78 is 7.18. The van der Waals surface area contributed by atoms with Crippen LogP contribution in [0.3, 0.4) is 0 Å². The first-order valence-corrected chi connectivity index (χ1v) is 5.67. The van der Waals surface area contributed by atoms with E-state index in [2.05, 4.69) is 5.10 Å². The van der Waals surface area contributed by atoms with E-state index in [4.69, 9.17) is 4.74 Å². The SMILES string of the molecule is CN(O)Cc1cn(C)nc1C1CCOCC1. The van der Waals surface area contributed by atoms with E-state index < -0.39 is 0 Å². The van der Waals surface area contributed by atoms with Crippen LogP contribution in [-0.2, 0) is 18.3 Å². The van der Waals surface area contributed by atoms with Gasteiger partial charge in [0.1, 0.15) is 0 Å². The third-order valence-corrected chi connectivity index (χ3v) is 2.94. The van der Waals surface area contributed by atoms with E-state index >= 15 is 0 Å². The highest BCUT2D eigenvalue weighted by Crippen LogP contribution is 2.28. The maximum absolute atomic E-state index is 9.31. The van der Waals surface area contributed by atoms with Crippen LogP contribution < -0.4 is 0 Å². The van der Waals surface area contributed by atoms with Gasteiger partial charge in [0.15, 0.2) is 0 Å². The van der Waals surface area contributed by atoms with Crippen molar-refractivity contribution in [1.82, 2.24) is 14.8 Å². The minimum absolute atomic E-state index is 0.477. The Morgan fingerprint density at radius 1 is 1.56 bits per heavy atom. The molecule has 0 aliphatic carbocycles. The summed E-state index contributed by atoms with van der Waals surface area (Å²) in [6, 6.07) is 0. The minimum atomic E-state index is 0.477. The molecule has 0 atom stereocenters. The van der Waals surface area contributed by atoms with Crippen LogP contribution in [0, 0.1) is 0 Å². The summed E-state index contributed by atoms with van der Waals surface area (Å²) >= 11 is 0. The van der Waals surface area contributed by atoms with Crippen LogP contribution in [-0.4, -0.2) is 40.3 Å². The third kappa shape index (κ3) is 2.61. The predicted octanol–water partition coefficient (Wildman–Crippen LogP) is 1.14. The van der Waals surface area contributed by atoms with Crippen molar-refractivity contribution in [2.24, 2.45) is 7.05 Å². The molecule has 0 aromatic carbocycles. The highest BCUT2D eigenvalue weighted by atomic mass is 16.5. The Morgan fingerprint density at radius 2 is 2.25 bits per heavy atom. The molecule has 16 heavy (non-hydrogen) atoms. The fourth-order valence-corrected chi connectivity index (χ4v) is 2.24. The molecule has 1 aliphatic rings. The van der Waals surface area contributed by atoms with E-state index in [1.54, 1.807) is 7.05 Å². The van der Waals surface area contributed by atoms with E-state index in [1.807, 2.05) is 17.9 Å². The van der Waals surface area contributed by atoms with Crippen LogP contribution in [0.5, 0.6) is 0 Å². The molecular formula is C11H19N3O2. The van der Waals surface area contributed by atoms with Gasteiger partial charge in [-0.15, -0.1) is 0 Å². The zero-order valence-electron chi connectivity index (χ0n) is 9.89. The van der Waals surface area contributed by atoms with Crippen LogP contribution in [0.15, 0.2) is 6.20 Å². The number of aryl methyl sites for hydroxylation is 1. The number of aromatic nitrogens is 2. The number of rotatable bonds is 3. The van der Waals surface area contributed by atoms with E-state index in [-0.39, 0.29) is 0 Å². The topological polar surface area (TPSA) is 50.5 Å². The summed E-state index contributed by atoms with van der Waals surface area (Å²) in [5.41, 5.74) is 2.23. The van der Waals surface area contributed by atoms with E-state index in [0.29, 0.717) is 12.5 Å². The molecule has 1 aromatic rings. The zero-order valence-corrected chi connectivity index (χ0v) is 9.89. The molecule has 1 saturated heterocycles. The Labute approximate surface area is 95.6 Å². The van der Waals surface area contributed by atoms with Crippen LogP contribution in [0.25, 0.3) is 0 Å². The van der Waals surface area contributed by atoms with Crippen molar-refractivity contribution in [3.63, 3.8) is 0 Å². The first-order chi connectivity index (χ1) is 7.66. The Kier molecular flexibility index (Phi) is 3.58. The van der Waals surface area contributed by atoms with Gasteiger partial charge in [0.2, 0.25) is 0 Å². The van der Waals surface area contributed by atoms with Crippen molar-refractivity contribution in [3.8, 4) is 0 Å². The van der Waals surface area contributed by atoms with Crippen molar-refractivity contribution in [2.75, 3.05) is 20.3 Å². The lowest BCUT2D eigenvalue weighted by molar-refractivity contribution is -0.0734. The average molecular weight is 225 g/mol. The van der Waals surface area contributed by atoms with E-state index in [1.165, 1.54) is 5.06 Å². The minimum Gasteiger partial charge on any atom is -0.381 e. The normalized spacial score (nSPS) is 18.2. The quantitative estimate of drug-likeness (QED) is 0.784. The maximum atomic E-state index is 9.31. The molecule has 0 saturated carbocycles. The molecule has 2 heterocycles. The van der Waals surface area contributed by atoms with Crippen LogP contribution in [0.4, 0.5) is 0 Å². The molecule has 5 nitrogen and oxygen atoms in total. The first kappa shape index (κ1) is 11.6. The summed E-state index contributed by atoms with van der Waals surface area (Å²) in [5, 5.41) is 15.0. The second-order valence-corrected chi connectivity index (χ2v) is 4.42. The molecular weight excluding hydrogens is 206 g/mol. The summed E-state index contributed by atoms with van der Waals surface area (Å²) in [5.74, 6) is 0.477. The highest BCUT2D eigenvalue weighted by Gasteiger charge is 2.22. The van der Waals surface area contributed by atoms with Crippen molar-refractivity contribution >= 4 is 0 Å². The third-order valence-electron chi connectivity index (χ3n) is 2.94. The summed E-state index contributed by atoms with van der Waals surface area (Å²) in [4.78, 5) is 0. The van der Waals surface area contributed by atoms with Gasteiger partial charge in [-0.05, 0) is 12.8 Å². The number of hydrogen-bond donors (Lipinski definition) is 1.